The number of benzene rings is 1. The number of amides is 2. The molecule has 0 aliphatic carbocycles. The minimum atomic E-state index is -1.21. The van der Waals surface area contributed by atoms with Crippen LogP contribution in [0.15, 0.2) is 18.2 Å². The van der Waals surface area contributed by atoms with E-state index in [1.165, 1.54) is 6.42 Å². The Morgan fingerprint density at radius 3 is 2.86 bits per heavy atom. The fourth-order valence-corrected chi connectivity index (χ4v) is 3.39. The molecule has 0 saturated carbocycles. The van der Waals surface area contributed by atoms with Gasteiger partial charge in [-0.2, -0.15) is 11.8 Å². The maximum Gasteiger partial charge on any atom is 0.337 e. The molecule has 2 amide bonds. The van der Waals surface area contributed by atoms with E-state index >= 15 is 0 Å². The summed E-state index contributed by atoms with van der Waals surface area (Å²) in [6.45, 7) is 0.522. The SMILES string of the molecule is O=C(NCC1CCCCS1)Nc1cc(F)ccc1C(=O)O. The van der Waals surface area contributed by atoms with Crippen molar-refractivity contribution in [2.24, 2.45) is 0 Å². The van der Waals surface area contributed by atoms with E-state index in [1.807, 2.05) is 11.8 Å². The standard InChI is InChI=1S/C14H17FN2O3S/c15-9-4-5-11(13(18)19)12(7-9)17-14(20)16-8-10-3-1-2-6-21-10/h4-5,7,10H,1-3,6,8H2,(H,18,19)(H2,16,17,20). The summed E-state index contributed by atoms with van der Waals surface area (Å²) < 4.78 is 13.2. The van der Waals surface area contributed by atoms with Crippen LogP contribution in [0.1, 0.15) is 29.6 Å². The second kappa shape index (κ2) is 7.31. The molecular weight excluding hydrogens is 295 g/mol. The van der Waals surface area contributed by atoms with Crippen molar-refractivity contribution in [2.45, 2.75) is 24.5 Å². The summed E-state index contributed by atoms with van der Waals surface area (Å²) in [5.41, 5.74) is -0.185. The molecule has 0 radical (unpaired) electrons. The summed E-state index contributed by atoms with van der Waals surface area (Å²) in [5, 5.41) is 14.5. The number of urea groups is 1. The first kappa shape index (κ1) is 15.6. The first-order valence-electron chi connectivity index (χ1n) is 6.75. The van der Waals surface area contributed by atoms with Crippen LogP contribution in [0.4, 0.5) is 14.9 Å². The smallest absolute Gasteiger partial charge is 0.337 e. The Balaban J connectivity index is 1.92. The number of nitrogens with one attached hydrogen (secondary N) is 2. The minimum absolute atomic E-state index is 0.0451. The molecule has 7 heteroatoms. The lowest BCUT2D eigenvalue weighted by Gasteiger charge is -2.21. The number of hydrogen-bond donors (Lipinski definition) is 3. The Labute approximate surface area is 126 Å². The highest BCUT2D eigenvalue weighted by atomic mass is 32.2. The molecule has 1 atom stereocenters. The number of anilines is 1. The van der Waals surface area contributed by atoms with Gasteiger partial charge in [0.2, 0.25) is 0 Å². The summed E-state index contributed by atoms with van der Waals surface area (Å²) in [7, 11) is 0. The number of thioether (sulfide) groups is 1. The van der Waals surface area contributed by atoms with Gasteiger partial charge in [0, 0.05) is 11.8 Å². The van der Waals surface area contributed by atoms with Gasteiger partial charge in [-0.1, -0.05) is 6.42 Å². The van der Waals surface area contributed by atoms with E-state index in [0.29, 0.717) is 11.8 Å². The number of carbonyl (C=O) groups excluding carboxylic acids is 1. The van der Waals surface area contributed by atoms with Crippen molar-refractivity contribution < 1.29 is 19.1 Å². The zero-order valence-corrected chi connectivity index (χ0v) is 12.2. The number of aromatic carboxylic acids is 1. The van der Waals surface area contributed by atoms with Gasteiger partial charge in [0.25, 0.3) is 0 Å². The quantitative estimate of drug-likeness (QED) is 0.799. The number of carbonyl (C=O) groups is 2. The molecular formula is C14H17FN2O3S. The Bertz CT molecular complexity index is 533. The highest BCUT2D eigenvalue weighted by Gasteiger charge is 2.16. The number of carboxylic acids is 1. The van der Waals surface area contributed by atoms with E-state index in [2.05, 4.69) is 10.6 Å². The largest absolute Gasteiger partial charge is 0.478 e. The average Bonchev–Trinajstić information content (AvgIpc) is 2.46. The summed E-state index contributed by atoms with van der Waals surface area (Å²) in [4.78, 5) is 22.8. The first-order valence-corrected chi connectivity index (χ1v) is 7.80. The molecule has 1 heterocycles. The van der Waals surface area contributed by atoms with Crippen LogP contribution in [0.2, 0.25) is 0 Å². The molecule has 114 valence electrons. The zero-order chi connectivity index (χ0) is 15.2. The van der Waals surface area contributed by atoms with Gasteiger partial charge in [0.1, 0.15) is 5.82 Å². The topological polar surface area (TPSA) is 78.4 Å². The Hall–Kier alpha value is -1.76. The van der Waals surface area contributed by atoms with Crippen molar-refractivity contribution in [1.82, 2.24) is 5.32 Å². The van der Waals surface area contributed by atoms with Crippen LogP contribution in [0.5, 0.6) is 0 Å². The molecule has 0 bridgehead atoms. The Kier molecular flexibility index (Phi) is 5.44. The summed E-state index contributed by atoms with van der Waals surface area (Å²) >= 11 is 1.83. The molecule has 3 N–H and O–H groups in total. The second-order valence-corrected chi connectivity index (χ2v) is 6.23. The third-order valence-corrected chi connectivity index (χ3v) is 4.62. The number of halogens is 1. The third-order valence-electron chi connectivity index (χ3n) is 3.22. The van der Waals surface area contributed by atoms with Crippen LogP contribution in [-0.2, 0) is 0 Å². The summed E-state index contributed by atoms with van der Waals surface area (Å²) in [6, 6.07) is 2.66. The minimum Gasteiger partial charge on any atom is -0.478 e. The van der Waals surface area contributed by atoms with Gasteiger partial charge in [-0.15, -0.1) is 0 Å². The zero-order valence-electron chi connectivity index (χ0n) is 11.4. The van der Waals surface area contributed by atoms with E-state index in [9.17, 15) is 14.0 Å². The van der Waals surface area contributed by atoms with Crippen LogP contribution in [0.25, 0.3) is 0 Å². The van der Waals surface area contributed by atoms with Crippen molar-refractivity contribution in [2.75, 3.05) is 17.6 Å². The second-order valence-electron chi connectivity index (χ2n) is 4.82. The fourth-order valence-electron chi connectivity index (χ4n) is 2.15. The van der Waals surface area contributed by atoms with Gasteiger partial charge in [-0.3, -0.25) is 0 Å². The Morgan fingerprint density at radius 2 is 2.19 bits per heavy atom. The molecule has 0 aromatic heterocycles. The fraction of sp³-hybridized carbons (Fsp3) is 0.429. The predicted molar refractivity (Wildman–Crippen MR) is 80.5 cm³/mol. The molecule has 1 fully saturated rings. The number of carboxylic acid groups (broad SMARTS) is 1. The lowest BCUT2D eigenvalue weighted by molar-refractivity contribution is 0.0698. The van der Waals surface area contributed by atoms with Crippen LogP contribution in [0, 0.1) is 5.82 Å². The van der Waals surface area contributed by atoms with Gasteiger partial charge in [-0.25, -0.2) is 14.0 Å². The predicted octanol–water partition coefficient (Wildman–Crippen LogP) is 2.93. The highest BCUT2D eigenvalue weighted by molar-refractivity contribution is 7.99. The van der Waals surface area contributed by atoms with E-state index in [4.69, 9.17) is 5.11 Å². The molecule has 0 spiro atoms. The van der Waals surface area contributed by atoms with Crippen molar-refractivity contribution in [3.05, 3.63) is 29.6 Å². The van der Waals surface area contributed by atoms with Crippen LogP contribution < -0.4 is 10.6 Å². The average molecular weight is 312 g/mol. The molecule has 1 aliphatic heterocycles. The lowest BCUT2D eigenvalue weighted by atomic mass is 10.1. The van der Waals surface area contributed by atoms with E-state index in [0.717, 1.165) is 36.8 Å². The molecule has 21 heavy (non-hydrogen) atoms. The molecule has 5 nitrogen and oxygen atoms in total. The summed E-state index contributed by atoms with van der Waals surface area (Å²) in [5.74, 6) is -0.715. The van der Waals surface area contributed by atoms with E-state index < -0.39 is 17.8 Å². The number of hydrogen-bond acceptors (Lipinski definition) is 3. The molecule has 1 aromatic carbocycles. The third kappa shape index (κ3) is 4.63. The maximum absolute atomic E-state index is 13.2. The molecule has 1 aromatic rings. The normalized spacial score (nSPS) is 18.0. The van der Waals surface area contributed by atoms with Crippen molar-refractivity contribution in [3.63, 3.8) is 0 Å². The summed E-state index contributed by atoms with van der Waals surface area (Å²) in [6.07, 6.45) is 3.43. The Morgan fingerprint density at radius 1 is 1.38 bits per heavy atom. The van der Waals surface area contributed by atoms with Gasteiger partial charge >= 0.3 is 12.0 Å². The van der Waals surface area contributed by atoms with Gasteiger partial charge in [-0.05, 0) is 36.8 Å². The van der Waals surface area contributed by atoms with Crippen molar-refractivity contribution in [3.8, 4) is 0 Å². The van der Waals surface area contributed by atoms with Gasteiger partial charge in [0.05, 0.1) is 11.3 Å². The molecule has 1 aliphatic rings. The van der Waals surface area contributed by atoms with Gasteiger partial charge < -0.3 is 15.7 Å². The van der Waals surface area contributed by atoms with Crippen molar-refractivity contribution in [1.29, 1.82) is 0 Å². The van der Waals surface area contributed by atoms with Crippen molar-refractivity contribution >= 4 is 29.4 Å². The molecule has 1 saturated heterocycles. The monoisotopic (exact) mass is 312 g/mol. The van der Waals surface area contributed by atoms with Crippen LogP contribution >= 0.6 is 11.8 Å². The maximum atomic E-state index is 13.2. The highest BCUT2D eigenvalue weighted by Crippen LogP contribution is 2.24. The lowest BCUT2D eigenvalue weighted by Crippen LogP contribution is -2.35. The van der Waals surface area contributed by atoms with Gasteiger partial charge in [0.15, 0.2) is 0 Å². The molecule has 2 rings (SSSR count). The number of rotatable bonds is 4. The molecule has 1 unspecified atom stereocenters. The van der Waals surface area contributed by atoms with E-state index in [1.54, 1.807) is 0 Å². The van der Waals surface area contributed by atoms with Crippen LogP contribution in [-0.4, -0.2) is 34.7 Å². The van der Waals surface area contributed by atoms with Crippen LogP contribution in [0.3, 0.4) is 0 Å². The van der Waals surface area contributed by atoms with E-state index in [-0.39, 0.29) is 11.3 Å². The first-order chi connectivity index (χ1) is 10.1.